The van der Waals surface area contributed by atoms with Crippen LogP contribution in [0.5, 0.6) is 0 Å². The van der Waals surface area contributed by atoms with Crippen molar-refractivity contribution in [2.45, 2.75) is 0 Å². The molecule has 0 spiro atoms. The van der Waals surface area contributed by atoms with Crippen LogP contribution in [0, 0.1) is 0 Å². The summed E-state index contributed by atoms with van der Waals surface area (Å²) in [5.74, 6) is 0. The molecular formula is C44H27NS. The van der Waals surface area contributed by atoms with Crippen LogP contribution in [-0.2, 0) is 0 Å². The minimum Gasteiger partial charge on any atom is -0.309 e. The molecule has 1 nitrogen and oxygen atoms in total. The quantitative estimate of drug-likeness (QED) is 0.178. The zero-order valence-electron chi connectivity index (χ0n) is 24.9. The van der Waals surface area contributed by atoms with Crippen LogP contribution in [0.4, 0.5) is 0 Å². The van der Waals surface area contributed by atoms with Crippen molar-refractivity contribution in [1.29, 1.82) is 0 Å². The molecule has 8 aromatic carbocycles. The summed E-state index contributed by atoms with van der Waals surface area (Å²) >= 11 is 1.92. The maximum absolute atomic E-state index is 2.51. The van der Waals surface area contributed by atoms with Crippen molar-refractivity contribution in [1.82, 2.24) is 4.57 Å². The maximum atomic E-state index is 2.51. The van der Waals surface area contributed by atoms with Gasteiger partial charge < -0.3 is 4.57 Å². The van der Waals surface area contributed by atoms with Gasteiger partial charge in [-0.15, -0.1) is 11.3 Å². The Morgan fingerprint density at radius 3 is 1.91 bits per heavy atom. The second kappa shape index (κ2) is 9.90. The predicted octanol–water partition coefficient (Wildman–Crippen LogP) is 12.8. The van der Waals surface area contributed by atoms with Crippen molar-refractivity contribution < 1.29 is 0 Å². The second-order valence-electron chi connectivity index (χ2n) is 12.1. The lowest BCUT2D eigenvalue weighted by Gasteiger charge is -2.17. The third kappa shape index (κ3) is 3.68. The van der Waals surface area contributed by atoms with E-state index in [-0.39, 0.29) is 0 Å². The Labute approximate surface area is 270 Å². The molecule has 0 N–H and O–H groups in total. The highest BCUT2D eigenvalue weighted by atomic mass is 32.1. The third-order valence-electron chi connectivity index (χ3n) is 9.57. The normalized spacial score (nSPS) is 11.9. The molecule has 0 aliphatic heterocycles. The van der Waals surface area contributed by atoms with Crippen LogP contribution < -0.4 is 0 Å². The van der Waals surface area contributed by atoms with Crippen molar-refractivity contribution >= 4 is 74.9 Å². The van der Waals surface area contributed by atoms with Crippen molar-refractivity contribution in [3.8, 4) is 27.9 Å². The number of hydrogen-bond acceptors (Lipinski definition) is 1. The molecule has 0 bridgehead atoms. The van der Waals surface area contributed by atoms with Crippen molar-refractivity contribution in [3.63, 3.8) is 0 Å². The van der Waals surface area contributed by atoms with Crippen molar-refractivity contribution in [2.24, 2.45) is 0 Å². The molecule has 0 aliphatic carbocycles. The molecule has 2 heteroatoms. The maximum Gasteiger partial charge on any atom is 0.0556 e. The van der Waals surface area contributed by atoms with Crippen LogP contribution in [0.2, 0.25) is 0 Å². The van der Waals surface area contributed by atoms with Gasteiger partial charge in [-0.2, -0.15) is 0 Å². The number of rotatable bonds is 3. The molecule has 0 atom stereocenters. The second-order valence-corrected chi connectivity index (χ2v) is 13.1. The van der Waals surface area contributed by atoms with Crippen LogP contribution in [0.3, 0.4) is 0 Å². The molecule has 0 radical (unpaired) electrons. The topological polar surface area (TPSA) is 4.93 Å². The number of hydrogen-bond donors (Lipinski definition) is 0. The zero-order chi connectivity index (χ0) is 30.2. The summed E-state index contributed by atoms with van der Waals surface area (Å²) in [6.07, 6.45) is 0. The number of nitrogens with zero attached hydrogens (tertiary/aromatic N) is 1. The molecule has 46 heavy (non-hydrogen) atoms. The van der Waals surface area contributed by atoms with Crippen molar-refractivity contribution in [3.05, 3.63) is 164 Å². The summed E-state index contributed by atoms with van der Waals surface area (Å²) < 4.78 is 5.18. The largest absolute Gasteiger partial charge is 0.309 e. The molecule has 0 fully saturated rings. The van der Waals surface area contributed by atoms with E-state index in [0.29, 0.717) is 0 Å². The number of benzene rings is 8. The zero-order valence-corrected chi connectivity index (χ0v) is 25.8. The molecule has 2 heterocycles. The van der Waals surface area contributed by atoms with E-state index in [9.17, 15) is 0 Å². The molecule has 0 amide bonds. The summed E-state index contributed by atoms with van der Waals surface area (Å²) in [5.41, 5.74) is 8.65. The van der Waals surface area contributed by atoms with Gasteiger partial charge in [-0.05, 0) is 68.6 Å². The highest BCUT2D eigenvalue weighted by Gasteiger charge is 2.21. The van der Waals surface area contributed by atoms with Gasteiger partial charge in [0, 0.05) is 36.5 Å². The summed E-state index contributed by atoms with van der Waals surface area (Å²) in [4.78, 5) is 0. The average molecular weight is 602 g/mol. The molecule has 0 saturated carbocycles. The number of aromatic nitrogens is 1. The van der Waals surface area contributed by atoms with Crippen LogP contribution in [0.25, 0.3) is 91.5 Å². The molecule has 0 unspecified atom stereocenters. The van der Waals surface area contributed by atoms with E-state index >= 15 is 0 Å². The predicted molar refractivity (Wildman–Crippen MR) is 200 cm³/mol. The first kappa shape index (κ1) is 25.6. The highest BCUT2D eigenvalue weighted by molar-refractivity contribution is 7.27. The van der Waals surface area contributed by atoms with Gasteiger partial charge in [0.1, 0.15) is 0 Å². The highest BCUT2D eigenvalue weighted by Crippen LogP contribution is 2.47. The smallest absolute Gasteiger partial charge is 0.0556 e. The lowest BCUT2D eigenvalue weighted by molar-refractivity contribution is 1.19. The lowest BCUT2D eigenvalue weighted by atomic mass is 9.95. The Morgan fingerprint density at radius 1 is 0.391 bits per heavy atom. The van der Waals surface area contributed by atoms with Crippen LogP contribution in [0.1, 0.15) is 0 Å². The lowest BCUT2D eigenvalue weighted by Crippen LogP contribution is -1.98. The van der Waals surface area contributed by atoms with Gasteiger partial charge in [-0.25, -0.2) is 0 Å². The number of fused-ring (bicyclic) bond motifs is 10. The van der Waals surface area contributed by atoms with Crippen LogP contribution in [0.15, 0.2) is 164 Å². The Morgan fingerprint density at radius 2 is 1.09 bits per heavy atom. The fourth-order valence-corrected chi connectivity index (χ4v) is 8.82. The Bertz CT molecular complexity index is 2790. The van der Waals surface area contributed by atoms with Gasteiger partial charge in [-0.1, -0.05) is 133 Å². The molecule has 0 saturated heterocycles. The SMILES string of the molecule is c1ccc(-c2cc3ccc4ccccc4c3cc2-n2c3ccccc3c3c4sc5cccc(-c6ccccc6)c5c4ccc32)cc1. The fourth-order valence-electron chi connectivity index (χ4n) is 7.53. The van der Waals surface area contributed by atoms with Crippen LogP contribution in [-0.4, -0.2) is 4.57 Å². The Balaban J connectivity index is 1.36. The summed E-state index contributed by atoms with van der Waals surface area (Å²) in [6.45, 7) is 0. The molecule has 214 valence electrons. The van der Waals surface area contributed by atoms with Gasteiger partial charge >= 0.3 is 0 Å². The van der Waals surface area contributed by atoms with E-state index in [2.05, 4.69) is 168 Å². The average Bonchev–Trinajstić information content (AvgIpc) is 3.67. The van der Waals surface area contributed by atoms with Gasteiger partial charge in [0.25, 0.3) is 0 Å². The monoisotopic (exact) mass is 601 g/mol. The van der Waals surface area contributed by atoms with Gasteiger partial charge in [0.05, 0.1) is 16.7 Å². The van der Waals surface area contributed by atoms with Gasteiger partial charge in [0.2, 0.25) is 0 Å². The van der Waals surface area contributed by atoms with E-state index in [1.807, 2.05) is 11.3 Å². The Hall–Kier alpha value is -5.70. The minimum atomic E-state index is 1.20. The van der Waals surface area contributed by atoms with E-state index < -0.39 is 0 Å². The van der Waals surface area contributed by atoms with Crippen LogP contribution >= 0.6 is 11.3 Å². The van der Waals surface area contributed by atoms with E-state index in [4.69, 9.17) is 0 Å². The summed E-state index contributed by atoms with van der Waals surface area (Å²) in [6, 6.07) is 60.1. The fraction of sp³-hybridized carbons (Fsp3) is 0. The van der Waals surface area contributed by atoms with Gasteiger partial charge in [0.15, 0.2) is 0 Å². The molecule has 0 aliphatic rings. The summed E-state index contributed by atoms with van der Waals surface area (Å²) in [5, 5.41) is 10.3. The first-order valence-corrected chi connectivity index (χ1v) is 16.6. The molecule has 10 aromatic rings. The number of thiophene rings is 1. The number of para-hydroxylation sites is 1. The first-order valence-electron chi connectivity index (χ1n) is 15.8. The molecule has 10 rings (SSSR count). The standard InChI is InChI=1S/C44H27NS/c1-3-12-28(13-4-1)33-19-11-21-41-42(33)35-24-25-39-43(44(35)46-41)34-18-9-10-20-38(34)45(39)40-27-36-31(23-22-30-16-7-8-17-32(30)36)26-37(40)29-14-5-2-6-15-29/h1-27H. The van der Waals surface area contributed by atoms with E-state index in [1.165, 1.54) is 91.5 Å². The molecular weight excluding hydrogens is 575 g/mol. The van der Waals surface area contributed by atoms with Crippen molar-refractivity contribution in [2.75, 3.05) is 0 Å². The third-order valence-corrected chi connectivity index (χ3v) is 10.8. The molecule has 2 aromatic heterocycles. The Kier molecular flexibility index (Phi) is 5.51. The first-order chi connectivity index (χ1) is 22.8. The summed E-state index contributed by atoms with van der Waals surface area (Å²) in [7, 11) is 0. The van der Waals surface area contributed by atoms with E-state index in [0.717, 1.165) is 0 Å². The van der Waals surface area contributed by atoms with Gasteiger partial charge in [-0.3, -0.25) is 0 Å². The van der Waals surface area contributed by atoms with E-state index in [1.54, 1.807) is 0 Å². The minimum absolute atomic E-state index is 1.20.